The fourth-order valence-corrected chi connectivity index (χ4v) is 14.7. The van der Waals surface area contributed by atoms with E-state index in [0.29, 0.717) is 64.7 Å². The summed E-state index contributed by atoms with van der Waals surface area (Å²) < 4.78 is 56.5. The molecule has 125 heavy (non-hydrogen) atoms. The Bertz CT molecular complexity index is 5530. The number of nitriles is 3. The SMILES string of the molecule is Cc1cc2c(cc1/C=C/C1c3cc(C)c(OCc4ccccc4)cc3CCN1CCC#N)OCO2.Cc1cc2c(cc1/C=C/C1c3cc(C)c(OCc4ccccc4)cc3CCN1O)OCO2.Cc1ccc(CCCCCC#N)cc1OCc1ccccc1.Cc1ccc(CCN)cc1OCc1ccccc1.N#CCCCl.O=C/C=C/c1ccc2c(c1)OCO2. The summed E-state index contributed by atoms with van der Waals surface area (Å²) in [4.78, 5) is 12.5. The number of allylic oxidation sites excluding steroid dienone is 1. The van der Waals surface area contributed by atoms with Crippen molar-refractivity contribution in [2.24, 2.45) is 5.73 Å². The number of benzene rings is 11. The van der Waals surface area contributed by atoms with E-state index in [9.17, 15) is 15.3 Å². The third-order valence-electron chi connectivity index (χ3n) is 21.6. The van der Waals surface area contributed by atoms with Crippen molar-refractivity contribution in [1.82, 2.24) is 9.96 Å². The molecule has 0 saturated heterocycles. The van der Waals surface area contributed by atoms with Crippen LogP contribution in [0.15, 0.2) is 243 Å². The van der Waals surface area contributed by atoms with E-state index in [1.807, 2.05) is 134 Å². The van der Waals surface area contributed by atoms with Crippen LogP contribution in [0.4, 0.5) is 0 Å². The number of alkyl halides is 1. The number of nitrogens with two attached hydrogens (primary N) is 1. The normalized spacial score (nSPS) is 14.1. The summed E-state index contributed by atoms with van der Waals surface area (Å²) in [5.41, 5.74) is 27.5. The van der Waals surface area contributed by atoms with Crippen LogP contribution in [0.2, 0.25) is 0 Å². The van der Waals surface area contributed by atoms with Crippen LogP contribution in [0.1, 0.15) is 156 Å². The Hall–Kier alpha value is -13.1. The second-order valence-corrected chi connectivity index (χ2v) is 31.1. The molecular weight excluding hydrogens is 1580 g/mol. The Morgan fingerprint density at radius 1 is 0.424 bits per heavy atom. The van der Waals surface area contributed by atoms with Gasteiger partial charge >= 0.3 is 0 Å². The van der Waals surface area contributed by atoms with Gasteiger partial charge in [0, 0.05) is 44.8 Å². The monoisotopic (exact) mass is 1690 g/mol. The Morgan fingerprint density at radius 3 is 1.30 bits per heavy atom. The first-order chi connectivity index (χ1) is 61.1. The molecule has 19 heteroatoms. The number of unbranched alkanes of at least 4 members (excludes halogenated alkanes) is 3. The highest BCUT2D eigenvalue weighted by molar-refractivity contribution is 6.18. The number of fused-ring (bicyclic) bond motifs is 5. The van der Waals surface area contributed by atoms with Crippen LogP contribution in [-0.4, -0.2) is 73.9 Å². The topological polar surface area (TPSA) is 233 Å². The number of ether oxygens (including phenoxy) is 10. The van der Waals surface area contributed by atoms with Gasteiger partial charge in [-0.3, -0.25) is 9.69 Å². The molecule has 5 heterocycles. The molecule has 2 atom stereocenters. The standard InChI is InChI=1S/C30H30N2O3.C27H27NO4.C20H23NO.C16H19NO.C10H8O3.C3H4ClN/c1-21-16-29-30(35-20-34-29)17-24(21)9-10-27-26-15-22(2)28(33-19-23-7-4-3-5-8-23)18-25(26)11-14-32(27)13-6-12-31;1-18-13-26-27(32-17-31-26)14-21(18)8-9-24-23-12-19(2)25(15-22(23)10-11-28(24)29)30-16-20-6-4-3-5-7-20;1-17-12-13-18(9-5-2-3-8-14-21)15-20(17)22-16-19-10-6-4-7-11-19;1-13-7-8-14(9-10-17)11-16(13)18-12-15-5-3-2-4-6-15;11-5-1-2-8-3-4-9-10(6-8)13-7-12-9;4-2-1-3-5/h3-5,7-10,15-18,27H,6,11,13-14,19-20H2,1-2H3;3-9,12-15,24,29H,10-11,16-17H2,1-2H3;4,6-7,10-13,15H,2-3,5,8-9,16H2,1H3;2-8,11H,9-10,12,17H2,1H3;1-6H,7H2;1-2H2/b10-9+;9-8+;;;2-1+;. The van der Waals surface area contributed by atoms with Crippen molar-refractivity contribution >= 4 is 36.1 Å². The molecule has 0 aromatic heterocycles. The van der Waals surface area contributed by atoms with Crippen LogP contribution in [0.5, 0.6) is 57.5 Å². The molecule has 0 bridgehead atoms. The van der Waals surface area contributed by atoms with Gasteiger partial charge in [0.05, 0.1) is 30.3 Å². The number of nitrogens with zero attached hydrogens (tertiary/aromatic N) is 5. The van der Waals surface area contributed by atoms with Crippen LogP contribution >= 0.6 is 11.6 Å². The molecule has 11 aromatic carbocycles. The maximum atomic E-state index is 10.6. The lowest BCUT2D eigenvalue weighted by Gasteiger charge is -2.36. The molecule has 0 spiro atoms. The predicted molar refractivity (Wildman–Crippen MR) is 493 cm³/mol. The number of hydroxylamine groups is 2. The number of aldehydes is 1. The molecule has 0 amide bonds. The number of carbonyl (C=O) groups is 1. The van der Waals surface area contributed by atoms with E-state index >= 15 is 0 Å². The minimum Gasteiger partial charge on any atom is -0.489 e. The summed E-state index contributed by atoms with van der Waals surface area (Å²) in [5.74, 6) is 8.83. The highest BCUT2D eigenvalue weighted by Gasteiger charge is 2.29. The lowest BCUT2D eigenvalue weighted by Crippen LogP contribution is -2.35. The summed E-state index contributed by atoms with van der Waals surface area (Å²) in [5, 5.41) is 37.5. The minimum atomic E-state index is -0.217. The van der Waals surface area contributed by atoms with Crippen molar-refractivity contribution in [3.05, 3.63) is 348 Å². The zero-order valence-corrected chi connectivity index (χ0v) is 73.0. The van der Waals surface area contributed by atoms with Crippen LogP contribution in [0.3, 0.4) is 0 Å². The van der Waals surface area contributed by atoms with Crippen LogP contribution in [0.25, 0.3) is 18.2 Å². The first-order valence-electron chi connectivity index (χ1n) is 42.5. The molecule has 3 N–H and O–H groups in total. The molecule has 0 fully saturated rings. The number of carbonyl (C=O) groups excluding carboxylic acids is 1. The number of rotatable bonds is 28. The molecule has 0 saturated carbocycles. The van der Waals surface area contributed by atoms with E-state index in [1.165, 1.54) is 55.6 Å². The molecule has 0 aliphatic carbocycles. The molecule has 16 rings (SSSR count). The Labute approximate surface area is 741 Å². The summed E-state index contributed by atoms with van der Waals surface area (Å²) >= 11 is 5.08. The largest absolute Gasteiger partial charge is 0.489 e. The van der Waals surface area contributed by atoms with Crippen LogP contribution < -0.4 is 53.1 Å². The van der Waals surface area contributed by atoms with Crippen molar-refractivity contribution in [2.75, 3.05) is 52.4 Å². The first-order valence-corrected chi connectivity index (χ1v) is 43.0. The Kier molecular flexibility index (Phi) is 36.5. The van der Waals surface area contributed by atoms with Crippen molar-refractivity contribution in [2.45, 2.75) is 144 Å². The molecule has 5 aliphatic heterocycles. The number of aryl methyl sites for hydroxylation is 7. The van der Waals surface area contributed by atoms with Gasteiger partial charge in [-0.2, -0.15) is 20.8 Å². The fraction of sp³-hybridized carbons (Fsp3) is 0.283. The maximum absolute atomic E-state index is 10.6. The summed E-state index contributed by atoms with van der Waals surface area (Å²) in [6.07, 6.45) is 21.0. The van der Waals surface area contributed by atoms with E-state index in [1.54, 1.807) is 6.08 Å². The summed E-state index contributed by atoms with van der Waals surface area (Å²) in [6, 6.07) is 82.2. The molecule has 5 aliphatic rings. The van der Waals surface area contributed by atoms with E-state index in [4.69, 9.17) is 75.2 Å². The highest BCUT2D eigenvalue weighted by Crippen LogP contribution is 2.42. The average Bonchev–Trinajstić information content (AvgIpc) is 1.59. The van der Waals surface area contributed by atoms with E-state index in [2.05, 4.69) is 179 Å². The second kappa shape index (κ2) is 49.3. The van der Waals surface area contributed by atoms with E-state index in [0.717, 1.165) is 183 Å². The fourth-order valence-electron chi connectivity index (χ4n) is 14.6. The third kappa shape index (κ3) is 28.2. The van der Waals surface area contributed by atoms with Gasteiger partial charge in [-0.1, -0.05) is 201 Å². The minimum absolute atomic E-state index is 0.0961. The lowest BCUT2D eigenvalue weighted by atomic mass is 9.89. The highest BCUT2D eigenvalue weighted by atomic mass is 35.5. The average molecular weight is 1700 g/mol. The van der Waals surface area contributed by atoms with Gasteiger partial charge < -0.3 is 58.3 Å². The molecule has 18 nitrogen and oxygen atoms in total. The van der Waals surface area contributed by atoms with Gasteiger partial charge in [0.15, 0.2) is 34.5 Å². The smallest absolute Gasteiger partial charge is 0.231 e. The number of halogens is 1. The van der Waals surface area contributed by atoms with Crippen LogP contribution in [0, 0.1) is 75.5 Å². The maximum Gasteiger partial charge on any atom is 0.231 e. The molecular formula is C106H111ClN6O12. The van der Waals surface area contributed by atoms with E-state index < -0.39 is 0 Å². The Balaban J connectivity index is 0.000000155. The van der Waals surface area contributed by atoms with Crippen molar-refractivity contribution in [1.29, 1.82) is 15.8 Å². The predicted octanol–water partition coefficient (Wildman–Crippen LogP) is 22.8. The quantitative estimate of drug-likeness (QED) is 0.0201. The van der Waals surface area contributed by atoms with Gasteiger partial charge in [-0.25, -0.2) is 0 Å². The van der Waals surface area contributed by atoms with E-state index in [-0.39, 0.29) is 32.5 Å². The van der Waals surface area contributed by atoms with Gasteiger partial charge in [-0.15, -0.1) is 11.6 Å². The van der Waals surface area contributed by atoms with Crippen molar-refractivity contribution < 1.29 is 57.4 Å². The first kappa shape index (κ1) is 92.6. The van der Waals surface area contributed by atoms with Gasteiger partial charge in [0.1, 0.15) is 55.7 Å². The molecule has 0 radical (unpaired) electrons. The second-order valence-electron chi connectivity index (χ2n) is 30.7. The molecule has 644 valence electrons. The lowest BCUT2D eigenvalue weighted by molar-refractivity contribution is -0.119. The van der Waals surface area contributed by atoms with Gasteiger partial charge in [-0.05, 0) is 259 Å². The summed E-state index contributed by atoms with van der Waals surface area (Å²) in [7, 11) is 0. The molecule has 11 aromatic rings. The zero-order valence-electron chi connectivity index (χ0n) is 72.2. The van der Waals surface area contributed by atoms with Gasteiger partial charge in [0.2, 0.25) is 20.4 Å². The third-order valence-corrected chi connectivity index (χ3v) is 21.8. The van der Waals surface area contributed by atoms with Crippen LogP contribution in [-0.2, 0) is 56.9 Å². The van der Waals surface area contributed by atoms with Crippen molar-refractivity contribution in [3.8, 4) is 75.7 Å². The number of hydrogen-bond donors (Lipinski definition) is 2. The van der Waals surface area contributed by atoms with Gasteiger partial charge in [0.25, 0.3) is 0 Å². The zero-order chi connectivity index (χ0) is 87.9. The molecule has 2 unspecified atom stereocenters. The van der Waals surface area contributed by atoms with Crippen molar-refractivity contribution in [3.63, 3.8) is 0 Å². The summed E-state index contributed by atoms with van der Waals surface area (Å²) in [6.45, 7) is 18.5. The Morgan fingerprint density at radius 2 is 0.848 bits per heavy atom. The number of hydrogen-bond acceptors (Lipinski definition) is 18.